The van der Waals surface area contributed by atoms with Gasteiger partial charge in [-0.3, -0.25) is 0 Å². The highest BCUT2D eigenvalue weighted by Gasteiger charge is 2.46. The lowest BCUT2D eigenvalue weighted by molar-refractivity contribution is 0.660. The molecule has 12 rings (SSSR count). The van der Waals surface area contributed by atoms with E-state index in [1.165, 1.54) is 89.0 Å². The predicted molar refractivity (Wildman–Crippen MR) is 259 cm³/mol. The molecule has 3 aliphatic carbocycles. The lowest BCUT2D eigenvalue weighted by Gasteiger charge is -2.35. The first-order valence-electron chi connectivity index (χ1n) is 22.0. The normalized spacial score (nSPS) is 15.2. The Kier molecular flexibility index (Phi) is 7.91. The van der Waals surface area contributed by atoms with Gasteiger partial charge in [-0.15, -0.1) is 0 Å². The zero-order valence-electron chi connectivity index (χ0n) is 35.7. The molecule has 0 aromatic heterocycles. The third kappa shape index (κ3) is 5.09. The lowest BCUT2D eigenvalue weighted by atomic mass is 9.67. The maximum absolute atomic E-state index is 2.48. The summed E-state index contributed by atoms with van der Waals surface area (Å²) in [4.78, 5) is 2.48. The van der Waals surface area contributed by atoms with Crippen molar-refractivity contribution in [3.8, 4) is 44.5 Å². The van der Waals surface area contributed by atoms with Gasteiger partial charge in [0, 0.05) is 27.9 Å². The van der Waals surface area contributed by atoms with E-state index in [1.54, 1.807) is 0 Å². The zero-order chi connectivity index (χ0) is 41.8. The summed E-state index contributed by atoms with van der Waals surface area (Å²) in [5.41, 5.74) is 23.8. The van der Waals surface area contributed by atoms with Crippen molar-refractivity contribution < 1.29 is 0 Å². The Morgan fingerprint density at radius 2 is 0.645 bits per heavy atom. The summed E-state index contributed by atoms with van der Waals surface area (Å²) in [6.07, 6.45) is 0. The molecule has 0 fully saturated rings. The number of fused-ring (bicyclic) bond motifs is 9. The van der Waals surface area contributed by atoms with Gasteiger partial charge in [-0.25, -0.2) is 0 Å². The SMILES string of the molecule is CC1(C)c2ccccc2-c2ccc(-c3ccc(N(c4ccc5c(c4)C(C)(C)c4ccccc4-5)c4ccc5c(c4)C(c4ccccc4)(c4ccccc4)c4ccccc4-5)cc3)cc21. The number of anilines is 3. The number of benzene rings is 9. The fourth-order valence-corrected chi connectivity index (χ4v) is 11.5. The van der Waals surface area contributed by atoms with Crippen LogP contribution in [0.3, 0.4) is 0 Å². The summed E-state index contributed by atoms with van der Waals surface area (Å²) in [5, 5.41) is 0. The van der Waals surface area contributed by atoms with Crippen LogP contribution in [0.25, 0.3) is 44.5 Å². The molecule has 296 valence electrons. The van der Waals surface area contributed by atoms with Crippen molar-refractivity contribution in [3.63, 3.8) is 0 Å². The van der Waals surface area contributed by atoms with Gasteiger partial charge in [0.2, 0.25) is 0 Å². The summed E-state index contributed by atoms with van der Waals surface area (Å²) >= 11 is 0. The van der Waals surface area contributed by atoms with Gasteiger partial charge in [0.1, 0.15) is 0 Å². The topological polar surface area (TPSA) is 3.24 Å². The van der Waals surface area contributed by atoms with Crippen LogP contribution in [0.1, 0.15) is 72.2 Å². The average Bonchev–Trinajstić information content (AvgIpc) is 3.84. The Hall–Kier alpha value is -7.22. The Morgan fingerprint density at radius 3 is 1.19 bits per heavy atom. The first-order valence-corrected chi connectivity index (χ1v) is 22.0. The Bertz CT molecular complexity index is 3180. The van der Waals surface area contributed by atoms with Crippen LogP contribution >= 0.6 is 0 Å². The summed E-state index contributed by atoms with van der Waals surface area (Å²) in [6.45, 7) is 9.46. The molecule has 0 saturated carbocycles. The van der Waals surface area contributed by atoms with E-state index < -0.39 is 5.41 Å². The quantitative estimate of drug-likeness (QED) is 0.162. The van der Waals surface area contributed by atoms with E-state index in [0.29, 0.717) is 0 Å². The van der Waals surface area contributed by atoms with Crippen LogP contribution < -0.4 is 4.90 Å². The van der Waals surface area contributed by atoms with E-state index in [4.69, 9.17) is 0 Å². The number of hydrogen-bond acceptors (Lipinski definition) is 1. The molecule has 0 radical (unpaired) electrons. The fraction of sp³-hybridized carbons (Fsp3) is 0.115. The second-order valence-electron chi connectivity index (χ2n) is 18.5. The van der Waals surface area contributed by atoms with Crippen molar-refractivity contribution in [1.82, 2.24) is 0 Å². The maximum Gasteiger partial charge on any atom is 0.0714 e. The molecular weight excluding hydrogens is 747 g/mol. The van der Waals surface area contributed by atoms with Crippen molar-refractivity contribution in [2.75, 3.05) is 4.90 Å². The highest BCUT2D eigenvalue weighted by atomic mass is 15.1. The van der Waals surface area contributed by atoms with Crippen LogP contribution in [-0.4, -0.2) is 0 Å². The van der Waals surface area contributed by atoms with Crippen molar-refractivity contribution in [2.24, 2.45) is 0 Å². The van der Waals surface area contributed by atoms with E-state index in [9.17, 15) is 0 Å². The van der Waals surface area contributed by atoms with Crippen molar-refractivity contribution in [1.29, 1.82) is 0 Å². The number of nitrogens with zero attached hydrogens (tertiary/aromatic N) is 1. The van der Waals surface area contributed by atoms with Gasteiger partial charge in [-0.1, -0.05) is 198 Å². The third-order valence-corrected chi connectivity index (χ3v) is 14.6. The molecule has 0 heterocycles. The Morgan fingerprint density at radius 1 is 0.274 bits per heavy atom. The monoisotopic (exact) mass is 793 g/mol. The standard InChI is InChI=1S/C61H47N/c1-59(2)53-24-14-11-21-47(53)50-34-29-41(37-56(50)59)40-27-30-44(31-28-40)62(45-32-35-51-48-22-12-15-25-54(48)60(3,4)57(51)38-45)46-33-36-52-49-23-13-16-26-55(49)61(58(52)39-46,42-17-7-5-8-18-42)43-19-9-6-10-20-43/h5-39H,1-4H3. The fourth-order valence-electron chi connectivity index (χ4n) is 11.5. The van der Waals surface area contributed by atoms with Gasteiger partial charge >= 0.3 is 0 Å². The molecule has 0 amide bonds. The Labute approximate surface area is 365 Å². The van der Waals surface area contributed by atoms with Crippen LogP contribution in [-0.2, 0) is 16.2 Å². The highest BCUT2D eigenvalue weighted by Crippen LogP contribution is 2.58. The van der Waals surface area contributed by atoms with E-state index >= 15 is 0 Å². The van der Waals surface area contributed by atoms with Crippen molar-refractivity contribution in [3.05, 3.63) is 257 Å². The molecule has 0 aliphatic heterocycles. The first-order chi connectivity index (χ1) is 30.3. The van der Waals surface area contributed by atoms with E-state index in [2.05, 4.69) is 245 Å². The molecule has 1 heteroatoms. The molecule has 0 spiro atoms. The van der Waals surface area contributed by atoms with Gasteiger partial charge in [0.15, 0.2) is 0 Å². The molecule has 0 saturated heterocycles. The molecule has 0 atom stereocenters. The molecule has 9 aromatic carbocycles. The largest absolute Gasteiger partial charge is 0.310 e. The number of rotatable bonds is 6. The predicted octanol–water partition coefficient (Wildman–Crippen LogP) is 15.8. The molecule has 0 N–H and O–H groups in total. The van der Waals surface area contributed by atoms with Crippen molar-refractivity contribution in [2.45, 2.75) is 43.9 Å². The van der Waals surface area contributed by atoms with Gasteiger partial charge in [0.05, 0.1) is 5.41 Å². The summed E-state index contributed by atoms with van der Waals surface area (Å²) in [7, 11) is 0. The van der Waals surface area contributed by atoms with Crippen LogP contribution in [0.15, 0.2) is 212 Å². The minimum Gasteiger partial charge on any atom is -0.310 e. The van der Waals surface area contributed by atoms with E-state index in [1.807, 2.05) is 0 Å². The van der Waals surface area contributed by atoms with Gasteiger partial charge < -0.3 is 4.90 Å². The molecule has 9 aromatic rings. The molecule has 0 unspecified atom stereocenters. The second-order valence-corrected chi connectivity index (χ2v) is 18.5. The highest BCUT2D eigenvalue weighted by molar-refractivity contribution is 5.91. The van der Waals surface area contributed by atoms with Crippen LogP contribution in [0.5, 0.6) is 0 Å². The minimum atomic E-state index is -0.497. The molecular formula is C61H47N. The second kappa shape index (κ2) is 13.4. The molecule has 0 bridgehead atoms. The number of hydrogen-bond donors (Lipinski definition) is 0. The van der Waals surface area contributed by atoms with E-state index in [0.717, 1.165) is 17.1 Å². The van der Waals surface area contributed by atoms with Crippen LogP contribution in [0, 0.1) is 0 Å². The van der Waals surface area contributed by atoms with Gasteiger partial charge in [-0.05, 0) is 131 Å². The average molecular weight is 794 g/mol. The van der Waals surface area contributed by atoms with Crippen molar-refractivity contribution >= 4 is 17.1 Å². The van der Waals surface area contributed by atoms with E-state index in [-0.39, 0.29) is 10.8 Å². The Balaban J connectivity index is 1.04. The summed E-state index contributed by atoms with van der Waals surface area (Å²) in [6, 6.07) is 79.7. The summed E-state index contributed by atoms with van der Waals surface area (Å²) < 4.78 is 0. The maximum atomic E-state index is 2.48. The minimum absolute atomic E-state index is 0.0539. The van der Waals surface area contributed by atoms with Crippen LogP contribution in [0.2, 0.25) is 0 Å². The van der Waals surface area contributed by atoms with Crippen LogP contribution in [0.4, 0.5) is 17.1 Å². The molecule has 1 nitrogen and oxygen atoms in total. The van der Waals surface area contributed by atoms with Gasteiger partial charge in [-0.2, -0.15) is 0 Å². The smallest absolute Gasteiger partial charge is 0.0714 e. The lowest BCUT2D eigenvalue weighted by Crippen LogP contribution is -2.28. The first kappa shape index (κ1) is 36.6. The zero-order valence-corrected chi connectivity index (χ0v) is 35.7. The van der Waals surface area contributed by atoms with Gasteiger partial charge in [0.25, 0.3) is 0 Å². The summed E-state index contributed by atoms with van der Waals surface area (Å²) in [5.74, 6) is 0. The molecule has 62 heavy (non-hydrogen) atoms. The third-order valence-electron chi connectivity index (χ3n) is 14.6. The molecule has 3 aliphatic rings.